The number of rotatable bonds is 6. The first-order valence-corrected chi connectivity index (χ1v) is 7.06. The van der Waals surface area contributed by atoms with Crippen LogP contribution in [0.3, 0.4) is 0 Å². The Labute approximate surface area is 118 Å². The van der Waals surface area contributed by atoms with Crippen molar-refractivity contribution in [2.24, 2.45) is 5.92 Å². The normalized spacial score (nSPS) is 20.2. The van der Waals surface area contributed by atoms with E-state index in [9.17, 15) is 14.4 Å². The number of amides is 3. The SMILES string of the molecule is CCCC(CNC(=O)N1CCNC(=O)C1CC)C(=O)O. The third kappa shape index (κ3) is 4.11. The van der Waals surface area contributed by atoms with Gasteiger partial charge in [-0.3, -0.25) is 9.59 Å². The molecule has 0 bridgehead atoms. The minimum atomic E-state index is -0.907. The van der Waals surface area contributed by atoms with Gasteiger partial charge in [0.1, 0.15) is 6.04 Å². The average Bonchev–Trinajstić information content (AvgIpc) is 2.42. The van der Waals surface area contributed by atoms with Crippen LogP contribution < -0.4 is 10.6 Å². The summed E-state index contributed by atoms with van der Waals surface area (Å²) in [6.07, 6.45) is 1.81. The number of hydrogen-bond donors (Lipinski definition) is 3. The number of hydrogen-bond acceptors (Lipinski definition) is 3. The first kappa shape index (κ1) is 16.3. The van der Waals surface area contributed by atoms with E-state index in [0.29, 0.717) is 25.9 Å². The lowest BCUT2D eigenvalue weighted by molar-refractivity contribution is -0.141. The zero-order valence-corrected chi connectivity index (χ0v) is 12.0. The summed E-state index contributed by atoms with van der Waals surface area (Å²) in [6, 6.07) is -0.841. The molecule has 2 unspecified atom stereocenters. The lowest BCUT2D eigenvalue weighted by Crippen LogP contribution is -2.59. The van der Waals surface area contributed by atoms with Crippen molar-refractivity contribution in [3.63, 3.8) is 0 Å². The van der Waals surface area contributed by atoms with E-state index in [2.05, 4.69) is 10.6 Å². The monoisotopic (exact) mass is 285 g/mol. The summed E-state index contributed by atoms with van der Waals surface area (Å²) in [7, 11) is 0. The first-order chi connectivity index (χ1) is 9.51. The fraction of sp³-hybridized carbons (Fsp3) is 0.769. The summed E-state index contributed by atoms with van der Waals surface area (Å²) in [5.41, 5.74) is 0. The number of aliphatic carboxylic acids is 1. The van der Waals surface area contributed by atoms with Crippen LogP contribution in [-0.4, -0.2) is 53.6 Å². The number of nitrogens with zero attached hydrogens (tertiary/aromatic N) is 1. The average molecular weight is 285 g/mol. The molecule has 1 saturated heterocycles. The molecule has 0 spiro atoms. The van der Waals surface area contributed by atoms with Gasteiger partial charge in [0.15, 0.2) is 0 Å². The zero-order chi connectivity index (χ0) is 15.1. The summed E-state index contributed by atoms with van der Waals surface area (Å²) in [6.45, 7) is 4.71. The van der Waals surface area contributed by atoms with Crippen LogP contribution in [0.25, 0.3) is 0 Å². The van der Waals surface area contributed by atoms with Crippen LogP contribution in [0.2, 0.25) is 0 Å². The van der Waals surface area contributed by atoms with E-state index in [0.717, 1.165) is 6.42 Å². The summed E-state index contributed by atoms with van der Waals surface area (Å²) >= 11 is 0. The van der Waals surface area contributed by atoms with Gasteiger partial charge in [0.25, 0.3) is 0 Å². The molecule has 20 heavy (non-hydrogen) atoms. The third-order valence-electron chi connectivity index (χ3n) is 3.46. The van der Waals surface area contributed by atoms with E-state index >= 15 is 0 Å². The molecule has 0 aromatic heterocycles. The molecular weight excluding hydrogens is 262 g/mol. The maximum Gasteiger partial charge on any atom is 0.318 e. The van der Waals surface area contributed by atoms with Crippen molar-refractivity contribution in [2.75, 3.05) is 19.6 Å². The van der Waals surface area contributed by atoms with Gasteiger partial charge in [-0.15, -0.1) is 0 Å². The van der Waals surface area contributed by atoms with Crippen molar-refractivity contribution < 1.29 is 19.5 Å². The van der Waals surface area contributed by atoms with Crippen molar-refractivity contribution in [3.05, 3.63) is 0 Å². The largest absolute Gasteiger partial charge is 0.481 e. The lowest BCUT2D eigenvalue weighted by Gasteiger charge is -2.34. The van der Waals surface area contributed by atoms with Crippen molar-refractivity contribution in [1.29, 1.82) is 0 Å². The summed E-state index contributed by atoms with van der Waals surface area (Å²) < 4.78 is 0. The van der Waals surface area contributed by atoms with Gasteiger partial charge in [-0.1, -0.05) is 20.3 Å². The van der Waals surface area contributed by atoms with E-state index in [1.807, 2.05) is 13.8 Å². The molecule has 3 N–H and O–H groups in total. The number of urea groups is 1. The van der Waals surface area contributed by atoms with E-state index in [1.54, 1.807) is 0 Å². The van der Waals surface area contributed by atoms with E-state index in [4.69, 9.17) is 5.11 Å². The molecule has 0 aromatic rings. The second kappa shape index (κ2) is 7.72. The van der Waals surface area contributed by atoms with Crippen molar-refractivity contribution in [2.45, 2.75) is 39.2 Å². The Balaban J connectivity index is 2.56. The van der Waals surface area contributed by atoms with Crippen LogP contribution in [0, 0.1) is 5.92 Å². The van der Waals surface area contributed by atoms with Gasteiger partial charge in [-0.05, 0) is 12.8 Å². The minimum Gasteiger partial charge on any atom is -0.481 e. The molecule has 3 amide bonds. The van der Waals surface area contributed by atoms with Crippen LogP contribution in [0.5, 0.6) is 0 Å². The first-order valence-electron chi connectivity index (χ1n) is 7.06. The van der Waals surface area contributed by atoms with Crippen LogP contribution in [0.1, 0.15) is 33.1 Å². The van der Waals surface area contributed by atoms with E-state index in [-0.39, 0.29) is 18.5 Å². The highest BCUT2D eigenvalue weighted by molar-refractivity contribution is 5.88. The molecule has 1 fully saturated rings. The quantitative estimate of drug-likeness (QED) is 0.658. The number of carboxylic acids is 1. The zero-order valence-electron chi connectivity index (χ0n) is 12.0. The van der Waals surface area contributed by atoms with Gasteiger partial charge >= 0.3 is 12.0 Å². The van der Waals surface area contributed by atoms with Gasteiger partial charge < -0.3 is 20.6 Å². The third-order valence-corrected chi connectivity index (χ3v) is 3.46. The Bertz CT molecular complexity index is 373. The summed E-state index contributed by atoms with van der Waals surface area (Å²) in [4.78, 5) is 36.2. The Morgan fingerprint density at radius 1 is 1.50 bits per heavy atom. The van der Waals surface area contributed by atoms with Gasteiger partial charge in [0.2, 0.25) is 5.91 Å². The highest BCUT2D eigenvalue weighted by Crippen LogP contribution is 2.10. The molecule has 7 heteroatoms. The van der Waals surface area contributed by atoms with Crippen molar-refractivity contribution >= 4 is 17.9 Å². The predicted octanol–water partition coefficient (Wildman–Crippen LogP) is 0.407. The Kier molecular flexibility index (Phi) is 6.27. The molecule has 0 saturated carbocycles. The Morgan fingerprint density at radius 3 is 2.75 bits per heavy atom. The summed E-state index contributed by atoms with van der Waals surface area (Å²) in [5, 5.41) is 14.4. The molecule has 114 valence electrons. The van der Waals surface area contributed by atoms with Crippen LogP contribution in [0.15, 0.2) is 0 Å². The van der Waals surface area contributed by atoms with Gasteiger partial charge in [0.05, 0.1) is 5.92 Å². The van der Waals surface area contributed by atoms with Crippen LogP contribution in [0.4, 0.5) is 4.79 Å². The minimum absolute atomic E-state index is 0.0938. The highest BCUT2D eigenvalue weighted by Gasteiger charge is 2.31. The van der Waals surface area contributed by atoms with E-state index < -0.39 is 17.9 Å². The number of piperazine rings is 1. The smallest absolute Gasteiger partial charge is 0.318 e. The maximum atomic E-state index is 12.1. The Morgan fingerprint density at radius 2 is 2.20 bits per heavy atom. The fourth-order valence-corrected chi connectivity index (χ4v) is 2.34. The Hall–Kier alpha value is -1.79. The fourth-order valence-electron chi connectivity index (χ4n) is 2.34. The van der Waals surface area contributed by atoms with Crippen LogP contribution >= 0.6 is 0 Å². The highest BCUT2D eigenvalue weighted by atomic mass is 16.4. The molecule has 1 aliphatic rings. The molecule has 1 heterocycles. The molecule has 1 aliphatic heterocycles. The lowest BCUT2D eigenvalue weighted by atomic mass is 10.0. The molecular formula is C13H23N3O4. The van der Waals surface area contributed by atoms with Crippen molar-refractivity contribution in [1.82, 2.24) is 15.5 Å². The molecule has 2 atom stereocenters. The number of nitrogens with one attached hydrogen (secondary N) is 2. The van der Waals surface area contributed by atoms with Crippen LogP contribution in [-0.2, 0) is 9.59 Å². The summed E-state index contributed by atoms with van der Waals surface area (Å²) in [5.74, 6) is -1.64. The molecule has 1 rings (SSSR count). The van der Waals surface area contributed by atoms with E-state index in [1.165, 1.54) is 4.90 Å². The standard InChI is InChI=1S/C13H23N3O4/c1-3-5-9(12(18)19)8-15-13(20)16-7-6-14-11(17)10(16)4-2/h9-10H,3-8H2,1-2H3,(H,14,17)(H,15,20)(H,18,19). The molecule has 0 aliphatic carbocycles. The molecule has 0 aromatic carbocycles. The number of carbonyl (C=O) groups excluding carboxylic acids is 2. The van der Waals surface area contributed by atoms with Crippen molar-refractivity contribution in [3.8, 4) is 0 Å². The molecule has 7 nitrogen and oxygen atoms in total. The van der Waals surface area contributed by atoms with Gasteiger partial charge in [-0.2, -0.15) is 0 Å². The topological polar surface area (TPSA) is 98.7 Å². The maximum absolute atomic E-state index is 12.1. The second-order valence-electron chi connectivity index (χ2n) is 4.92. The van der Waals surface area contributed by atoms with Gasteiger partial charge in [0, 0.05) is 19.6 Å². The second-order valence-corrected chi connectivity index (χ2v) is 4.92. The number of carbonyl (C=O) groups is 3. The molecule has 0 radical (unpaired) electrons. The predicted molar refractivity (Wildman–Crippen MR) is 73.2 cm³/mol. The van der Waals surface area contributed by atoms with Gasteiger partial charge in [-0.25, -0.2) is 4.79 Å². The number of carboxylic acid groups (broad SMARTS) is 1.